The molecule has 1 aromatic heterocycles. The molecule has 0 saturated carbocycles. The lowest BCUT2D eigenvalue weighted by Crippen LogP contribution is -2.43. The molecule has 0 aliphatic carbocycles. The highest BCUT2D eigenvalue weighted by atomic mass is 127. The van der Waals surface area contributed by atoms with Gasteiger partial charge in [0.2, 0.25) is 5.91 Å². The predicted molar refractivity (Wildman–Crippen MR) is 131 cm³/mol. The molecule has 0 bridgehead atoms. The number of aliphatic imine (C=N–C) groups is 1. The van der Waals surface area contributed by atoms with Crippen LogP contribution in [0, 0.1) is 0 Å². The molecule has 1 heterocycles. The molecule has 0 radical (unpaired) electrons. The molecule has 30 heavy (non-hydrogen) atoms. The standard InChI is InChI=1S/C22H32N4O3.HI/c1-22(2,3)26-20(27)16-25-21(24-14-12-19-6-5-15-29-19)23-13-11-17-7-9-18(28-4)10-8-17;/h5-10,15H,11-14,16H2,1-4H3,(H,26,27)(H2,23,24,25);1H. The number of amides is 1. The lowest BCUT2D eigenvalue weighted by Gasteiger charge is -2.20. The van der Waals surface area contributed by atoms with Gasteiger partial charge in [0.15, 0.2) is 5.96 Å². The highest BCUT2D eigenvalue weighted by Gasteiger charge is 2.13. The molecular weight excluding hydrogens is 495 g/mol. The molecule has 0 unspecified atom stereocenters. The molecule has 7 nitrogen and oxygen atoms in total. The van der Waals surface area contributed by atoms with Crippen molar-refractivity contribution in [3.63, 3.8) is 0 Å². The van der Waals surface area contributed by atoms with E-state index in [1.165, 1.54) is 5.56 Å². The van der Waals surface area contributed by atoms with E-state index in [-0.39, 0.29) is 42.0 Å². The summed E-state index contributed by atoms with van der Waals surface area (Å²) in [6.45, 7) is 7.26. The Hall–Kier alpha value is -2.23. The van der Waals surface area contributed by atoms with Gasteiger partial charge in [-0.25, -0.2) is 4.99 Å². The number of benzene rings is 1. The third-order valence-electron chi connectivity index (χ3n) is 4.00. The normalized spacial score (nSPS) is 11.4. The fraction of sp³-hybridized carbons (Fsp3) is 0.455. The summed E-state index contributed by atoms with van der Waals surface area (Å²) in [7, 11) is 1.66. The molecule has 1 amide bonds. The fourth-order valence-electron chi connectivity index (χ4n) is 2.66. The van der Waals surface area contributed by atoms with Crippen LogP contribution in [0.15, 0.2) is 52.1 Å². The average Bonchev–Trinajstić information content (AvgIpc) is 3.18. The van der Waals surface area contributed by atoms with Crippen LogP contribution in [0.5, 0.6) is 5.75 Å². The van der Waals surface area contributed by atoms with Gasteiger partial charge in [0, 0.05) is 25.0 Å². The van der Waals surface area contributed by atoms with Crippen LogP contribution >= 0.6 is 24.0 Å². The zero-order chi connectivity index (χ0) is 21.1. The number of guanidine groups is 1. The molecule has 3 N–H and O–H groups in total. The van der Waals surface area contributed by atoms with Gasteiger partial charge in [-0.2, -0.15) is 0 Å². The van der Waals surface area contributed by atoms with Crippen molar-refractivity contribution in [2.24, 2.45) is 4.99 Å². The highest BCUT2D eigenvalue weighted by molar-refractivity contribution is 14.0. The Labute approximate surface area is 196 Å². The second-order valence-corrected chi connectivity index (χ2v) is 7.74. The maximum atomic E-state index is 12.1. The third kappa shape index (κ3) is 10.5. The van der Waals surface area contributed by atoms with Crippen LogP contribution in [0.4, 0.5) is 0 Å². The van der Waals surface area contributed by atoms with Crippen LogP contribution in [0.1, 0.15) is 32.1 Å². The predicted octanol–water partition coefficient (Wildman–Crippen LogP) is 3.14. The zero-order valence-electron chi connectivity index (χ0n) is 18.2. The molecule has 1 aromatic carbocycles. The van der Waals surface area contributed by atoms with Gasteiger partial charge in [0.1, 0.15) is 18.1 Å². The average molecular weight is 528 g/mol. The second-order valence-electron chi connectivity index (χ2n) is 7.74. The maximum Gasteiger partial charge on any atom is 0.242 e. The van der Waals surface area contributed by atoms with Crippen molar-refractivity contribution in [2.75, 3.05) is 26.7 Å². The third-order valence-corrected chi connectivity index (χ3v) is 4.00. The van der Waals surface area contributed by atoms with E-state index >= 15 is 0 Å². The topological polar surface area (TPSA) is 87.9 Å². The molecule has 0 aliphatic rings. The Morgan fingerprint density at radius 2 is 1.73 bits per heavy atom. The van der Waals surface area contributed by atoms with E-state index in [1.807, 2.05) is 57.2 Å². The van der Waals surface area contributed by atoms with Crippen molar-refractivity contribution < 1.29 is 13.9 Å². The number of furan rings is 1. The van der Waals surface area contributed by atoms with Crippen LogP contribution in [0.2, 0.25) is 0 Å². The van der Waals surface area contributed by atoms with Crippen LogP contribution in [0.25, 0.3) is 0 Å². The molecule has 0 atom stereocenters. The van der Waals surface area contributed by atoms with E-state index in [9.17, 15) is 4.79 Å². The van der Waals surface area contributed by atoms with E-state index in [4.69, 9.17) is 9.15 Å². The summed E-state index contributed by atoms with van der Waals surface area (Å²) in [5.41, 5.74) is 0.917. The molecule has 0 aliphatic heterocycles. The SMILES string of the molecule is COc1ccc(CCNC(=NCC(=O)NC(C)(C)C)NCCc2ccco2)cc1.I. The minimum atomic E-state index is -0.277. The summed E-state index contributed by atoms with van der Waals surface area (Å²) in [5, 5.41) is 9.47. The van der Waals surface area contributed by atoms with E-state index in [0.29, 0.717) is 19.0 Å². The van der Waals surface area contributed by atoms with Crippen LogP contribution < -0.4 is 20.7 Å². The molecule has 0 saturated heterocycles. The Morgan fingerprint density at radius 3 is 2.30 bits per heavy atom. The first-order valence-corrected chi connectivity index (χ1v) is 9.84. The Kier molecular flexibility index (Phi) is 11.3. The van der Waals surface area contributed by atoms with Crippen molar-refractivity contribution in [1.29, 1.82) is 0 Å². The molecule has 0 fully saturated rings. The number of nitrogens with one attached hydrogen (secondary N) is 3. The lowest BCUT2D eigenvalue weighted by molar-refractivity contribution is -0.121. The van der Waals surface area contributed by atoms with E-state index in [1.54, 1.807) is 13.4 Å². The highest BCUT2D eigenvalue weighted by Crippen LogP contribution is 2.11. The first kappa shape index (κ1) is 25.8. The Balaban J connectivity index is 0.00000450. The van der Waals surface area contributed by atoms with Crippen molar-refractivity contribution in [1.82, 2.24) is 16.0 Å². The van der Waals surface area contributed by atoms with Crippen LogP contribution in [0.3, 0.4) is 0 Å². The molecule has 0 spiro atoms. The number of nitrogens with zero attached hydrogens (tertiary/aromatic N) is 1. The summed E-state index contributed by atoms with van der Waals surface area (Å²) in [5.74, 6) is 2.24. The van der Waals surface area contributed by atoms with Gasteiger partial charge in [0.25, 0.3) is 0 Å². The summed E-state index contributed by atoms with van der Waals surface area (Å²) in [4.78, 5) is 16.5. The minimum Gasteiger partial charge on any atom is -0.497 e. The number of rotatable bonds is 9. The number of hydrogen-bond acceptors (Lipinski definition) is 4. The quantitative estimate of drug-likeness (QED) is 0.265. The Morgan fingerprint density at radius 1 is 1.07 bits per heavy atom. The number of halogens is 1. The zero-order valence-corrected chi connectivity index (χ0v) is 20.5. The molecule has 8 heteroatoms. The van der Waals surface area contributed by atoms with Crippen LogP contribution in [-0.2, 0) is 17.6 Å². The maximum absolute atomic E-state index is 12.1. The van der Waals surface area contributed by atoms with Gasteiger partial charge in [-0.15, -0.1) is 24.0 Å². The largest absolute Gasteiger partial charge is 0.497 e. The van der Waals surface area contributed by atoms with E-state index in [0.717, 1.165) is 24.4 Å². The van der Waals surface area contributed by atoms with Crippen molar-refractivity contribution in [3.05, 3.63) is 54.0 Å². The monoisotopic (exact) mass is 528 g/mol. The molecule has 166 valence electrons. The summed E-state index contributed by atoms with van der Waals surface area (Å²) >= 11 is 0. The molecule has 2 rings (SSSR count). The number of hydrogen-bond donors (Lipinski definition) is 3. The van der Waals surface area contributed by atoms with E-state index < -0.39 is 0 Å². The van der Waals surface area contributed by atoms with Crippen LogP contribution in [-0.4, -0.2) is 44.1 Å². The van der Waals surface area contributed by atoms with Crippen molar-refractivity contribution in [2.45, 2.75) is 39.2 Å². The molecule has 2 aromatic rings. The smallest absolute Gasteiger partial charge is 0.242 e. The van der Waals surface area contributed by atoms with E-state index in [2.05, 4.69) is 20.9 Å². The van der Waals surface area contributed by atoms with Gasteiger partial charge in [-0.05, 0) is 57.0 Å². The van der Waals surface area contributed by atoms with Gasteiger partial charge in [-0.1, -0.05) is 12.1 Å². The summed E-state index contributed by atoms with van der Waals surface area (Å²) in [6, 6.07) is 11.8. The van der Waals surface area contributed by atoms with Gasteiger partial charge < -0.3 is 25.1 Å². The van der Waals surface area contributed by atoms with Crippen molar-refractivity contribution in [3.8, 4) is 5.75 Å². The number of carbonyl (C=O) groups is 1. The molecular formula is C22H33IN4O3. The van der Waals surface area contributed by atoms with Gasteiger partial charge >= 0.3 is 0 Å². The fourth-order valence-corrected chi connectivity index (χ4v) is 2.66. The summed E-state index contributed by atoms with van der Waals surface area (Å²) in [6.07, 6.45) is 3.23. The number of methoxy groups -OCH3 is 1. The number of ether oxygens (including phenoxy) is 1. The summed E-state index contributed by atoms with van der Waals surface area (Å²) < 4.78 is 10.5. The first-order valence-electron chi connectivity index (χ1n) is 9.84. The Bertz CT molecular complexity index is 769. The van der Waals surface area contributed by atoms with Gasteiger partial charge in [-0.3, -0.25) is 4.79 Å². The number of carbonyl (C=O) groups excluding carboxylic acids is 1. The van der Waals surface area contributed by atoms with Crippen molar-refractivity contribution >= 4 is 35.8 Å². The lowest BCUT2D eigenvalue weighted by atomic mass is 10.1. The first-order chi connectivity index (χ1) is 13.9. The van der Waals surface area contributed by atoms with Gasteiger partial charge in [0.05, 0.1) is 13.4 Å². The minimum absolute atomic E-state index is 0. The second kappa shape index (κ2) is 13.1.